The number of ether oxygens (including phenoxy) is 2. The zero-order chi connectivity index (χ0) is 32.8. The summed E-state index contributed by atoms with van der Waals surface area (Å²) in [4.78, 5) is 6.16. The summed E-state index contributed by atoms with van der Waals surface area (Å²) in [5.41, 5.74) is 5.74. The molecule has 0 bridgehead atoms. The SMILES string of the molecule is Cc1cc(OCCCOS(C)(C)C(C)(C)C)nc(C)c1-c1cccc(COc2ccc(B3OC(O)=CN(C)/C=C(/O)O3)cc2)c1. The van der Waals surface area contributed by atoms with Gasteiger partial charge in [0.1, 0.15) is 12.4 Å². The van der Waals surface area contributed by atoms with Gasteiger partial charge in [0.25, 0.3) is 11.9 Å². The summed E-state index contributed by atoms with van der Waals surface area (Å²) in [5, 5.41) is 20.0. The van der Waals surface area contributed by atoms with Gasteiger partial charge in [0.05, 0.1) is 25.6 Å². The zero-order valence-electron chi connectivity index (χ0n) is 27.5. The second kappa shape index (κ2) is 14.4. The number of pyridine rings is 1. The highest BCUT2D eigenvalue weighted by atomic mass is 32.3. The maximum Gasteiger partial charge on any atom is 0.636 e. The van der Waals surface area contributed by atoms with Crippen LogP contribution in [-0.4, -0.2) is 64.7 Å². The standard InChI is InChI=1S/C34H45BN2O7S/c1-24-19-30(40-17-10-18-42-45(7,8)34(3,4)5)36-25(2)33(24)27-12-9-11-26(20-27)23-41-29-15-13-28(14-16-29)35-43-31(38)21-37(6)22-32(39)44-35/h9,11-16,19-22,38-39H,10,17-18,23H2,1-8H3/b31-21-,32-22?. The Balaban J connectivity index is 1.34. The van der Waals surface area contributed by atoms with E-state index in [1.54, 1.807) is 31.3 Å². The van der Waals surface area contributed by atoms with E-state index in [1.165, 1.54) is 17.3 Å². The van der Waals surface area contributed by atoms with Gasteiger partial charge in [-0.1, -0.05) is 51.1 Å². The van der Waals surface area contributed by atoms with E-state index < -0.39 is 17.4 Å². The summed E-state index contributed by atoms with van der Waals surface area (Å²) in [7, 11) is -0.531. The van der Waals surface area contributed by atoms with Gasteiger partial charge in [-0.05, 0) is 61.2 Å². The van der Waals surface area contributed by atoms with Crippen LogP contribution in [-0.2, 0) is 20.1 Å². The van der Waals surface area contributed by atoms with Crippen LogP contribution in [0.4, 0.5) is 0 Å². The first-order chi connectivity index (χ1) is 21.2. The Hall–Kier alpha value is -3.96. The van der Waals surface area contributed by atoms with E-state index in [9.17, 15) is 10.2 Å². The van der Waals surface area contributed by atoms with Gasteiger partial charge in [-0.2, -0.15) is 0 Å². The first-order valence-electron chi connectivity index (χ1n) is 14.9. The molecule has 9 nitrogen and oxygen atoms in total. The second-order valence-corrected chi connectivity index (χ2v) is 16.3. The average Bonchev–Trinajstić information content (AvgIpc) is 2.94. The number of hydrogen-bond donors (Lipinski definition) is 2. The molecule has 4 rings (SSSR count). The smallest absolute Gasteiger partial charge is 0.494 e. The summed E-state index contributed by atoms with van der Waals surface area (Å²) in [6, 6.07) is 17.3. The molecule has 0 radical (unpaired) electrons. The molecule has 0 saturated heterocycles. The molecule has 1 aliphatic heterocycles. The molecule has 2 aromatic carbocycles. The third-order valence-electron chi connectivity index (χ3n) is 7.62. The lowest BCUT2D eigenvalue weighted by atomic mass is 9.79. The van der Waals surface area contributed by atoms with Gasteiger partial charge in [-0.25, -0.2) is 4.98 Å². The predicted molar refractivity (Wildman–Crippen MR) is 182 cm³/mol. The number of aromatic nitrogens is 1. The van der Waals surface area contributed by atoms with E-state index >= 15 is 0 Å². The molecule has 2 heterocycles. The highest BCUT2D eigenvalue weighted by molar-refractivity contribution is 8.29. The summed E-state index contributed by atoms with van der Waals surface area (Å²) < 4.78 is 29.2. The van der Waals surface area contributed by atoms with Crippen LogP contribution < -0.4 is 14.9 Å². The van der Waals surface area contributed by atoms with Crippen molar-refractivity contribution >= 4 is 22.9 Å². The van der Waals surface area contributed by atoms with Gasteiger partial charge in [-0.15, -0.1) is 10.3 Å². The Morgan fingerprint density at radius 2 is 1.58 bits per heavy atom. The Labute approximate surface area is 269 Å². The van der Waals surface area contributed by atoms with Crippen LogP contribution in [0.15, 0.2) is 78.9 Å². The van der Waals surface area contributed by atoms with Gasteiger partial charge in [0, 0.05) is 41.0 Å². The molecule has 0 fully saturated rings. The monoisotopic (exact) mass is 636 g/mol. The number of hydrogen-bond acceptors (Lipinski definition) is 9. The summed E-state index contributed by atoms with van der Waals surface area (Å²) >= 11 is 0. The van der Waals surface area contributed by atoms with Gasteiger partial charge >= 0.3 is 7.12 Å². The number of aryl methyl sites for hydroxylation is 2. The fourth-order valence-electron chi connectivity index (χ4n) is 4.52. The Bertz CT molecular complexity index is 1470. The van der Waals surface area contributed by atoms with E-state index in [0.29, 0.717) is 36.9 Å². The fraction of sp³-hybridized carbons (Fsp3) is 0.382. The van der Waals surface area contributed by atoms with Crippen molar-refractivity contribution in [2.24, 2.45) is 0 Å². The summed E-state index contributed by atoms with van der Waals surface area (Å²) in [6.07, 6.45) is 7.88. The van der Waals surface area contributed by atoms with Gasteiger partial charge in [0.2, 0.25) is 5.88 Å². The van der Waals surface area contributed by atoms with Gasteiger partial charge in [-0.3, -0.25) is 0 Å². The minimum atomic E-state index is -1.14. The fourth-order valence-corrected chi connectivity index (χ4v) is 5.40. The number of aliphatic hydroxyl groups is 2. The molecule has 3 aromatic rings. The maximum absolute atomic E-state index is 9.98. The lowest BCUT2D eigenvalue weighted by Crippen LogP contribution is -2.37. The molecule has 0 amide bonds. The van der Waals surface area contributed by atoms with E-state index in [-0.39, 0.29) is 16.6 Å². The highest BCUT2D eigenvalue weighted by Crippen LogP contribution is 2.53. The maximum atomic E-state index is 9.98. The molecule has 1 aliphatic rings. The topological polar surface area (TPSA) is 103 Å². The van der Waals surface area contributed by atoms with Gasteiger partial charge in [0.15, 0.2) is 0 Å². The molecule has 1 aromatic heterocycles. The summed E-state index contributed by atoms with van der Waals surface area (Å²) in [6.45, 7) is 12.3. The van der Waals surface area contributed by atoms with E-state index in [1.807, 2.05) is 25.1 Å². The number of rotatable bonds is 11. The lowest BCUT2D eigenvalue weighted by molar-refractivity contribution is 0.124. The molecule has 0 atom stereocenters. The number of benzene rings is 2. The van der Waals surface area contributed by atoms with Crippen molar-refractivity contribution in [3.63, 3.8) is 0 Å². The molecule has 0 saturated carbocycles. The third kappa shape index (κ3) is 9.28. The minimum Gasteiger partial charge on any atom is -0.494 e. The normalized spacial score (nSPS) is 15.6. The first kappa shape index (κ1) is 33.9. The molecular weight excluding hydrogens is 591 g/mol. The highest BCUT2D eigenvalue weighted by Gasteiger charge is 2.30. The lowest BCUT2D eigenvalue weighted by Gasteiger charge is -2.43. The molecular formula is C34H45BN2O7S. The van der Waals surface area contributed by atoms with E-state index in [0.717, 1.165) is 34.4 Å². The van der Waals surface area contributed by atoms with Crippen molar-refractivity contribution in [2.75, 3.05) is 32.8 Å². The number of nitrogens with zero attached hydrogens (tertiary/aromatic N) is 2. The molecule has 0 unspecified atom stereocenters. The van der Waals surface area contributed by atoms with Crippen molar-refractivity contribution in [1.82, 2.24) is 9.88 Å². The van der Waals surface area contributed by atoms with Crippen LogP contribution in [0.5, 0.6) is 11.6 Å². The molecule has 0 spiro atoms. The van der Waals surface area contributed by atoms with Crippen molar-refractivity contribution in [3.8, 4) is 22.8 Å². The van der Waals surface area contributed by atoms with E-state index in [2.05, 4.69) is 52.3 Å². The average molecular weight is 637 g/mol. The quantitative estimate of drug-likeness (QED) is 0.172. The van der Waals surface area contributed by atoms with Crippen molar-refractivity contribution < 1.29 is 33.2 Å². The van der Waals surface area contributed by atoms with Crippen LogP contribution in [0.25, 0.3) is 11.1 Å². The van der Waals surface area contributed by atoms with Crippen LogP contribution in [0, 0.1) is 13.8 Å². The molecule has 2 N–H and O–H groups in total. The Morgan fingerprint density at radius 1 is 0.911 bits per heavy atom. The summed E-state index contributed by atoms with van der Waals surface area (Å²) in [5.74, 6) is 0.602. The largest absolute Gasteiger partial charge is 0.636 e. The Kier molecular flexibility index (Phi) is 10.9. The molecule has 0 aliphatic carbocycles. The Morgan fingerprint density at radius 3 is 2.20 bits per heavy atom. The van der Waals surface area contributed by atoms with Crippen LogP contribution in [0.3, 0.4) is 0 Å². The molecule has 242 valence electrons. The van der Waals surface area contributed by atoms with Crippen molar-refractivity contribution in [1.29, 1.82) is 0 Å². The van der Waals surface area contributed by atoms with Crippen LogP contribution in [0.2, 0.25) is 0 Å². The second-order valence-electron chi connectivity index (χ2n) is 12.3. The zero-order valence-corrected chi connectivity index (χ0v) is 28.3. The first-order valence-corrected chi connectivity index (χ1v) is 17.3. The van der Waals surface area contributed by atoms with Crippen molar-refractivity contribution in [2.45, 2.75) is 52.4 Å². The third-order valence-corrected chi connectivity index (χ3v) is 11.3. The predicted octanol–water partition coefficient (Wildman–Crippen LogP) is 6.90. The van der Waals surface area contributed by atoms with Crippen LogP contribution >= 0.6 is 10.3 Å². The minimum absolute atomic E-state index is 0.139. The van der Waals surface area contributed by atoms with E-state index in [4.69, 9.17) is 27.9 Å². The van der Waals surface area contributed by atoms with Crippen LogP contribution in [0.1, 0.15) is 44.0 Å². The van der Waals surface area contributed by atoms with Crippen molar-refractivity contribution in [3.05, 3.63) is 95.7 Å². The van der Waals surface area contributed by atoms with Gasteiger partial charge < -0.3 is 38.1 Å². The molecule has 45 heavy (non-hydrogen) atoms. The molecule has 11 heteroatoms. The number of aliphatic hydroxyl groups excluding tert-OH is 2.